The van der Waals surface area contributed by atoms with Gasteiger partial charge in [0.15, 0.2) is 6.61 Å². The number of sulfonamides is 1. The Morgan fingerprint density at radius 1 is 0.882 bits per heavy atom. The van der Waals surface area contributed by atoms with Gasteiger partial charge in [0.05, 0.1) is 17.5 Å². The lowest BCUT2D eigenvalue weighted by molar-refractivity contribution is -0.118. The van der Waals surface area contributed by atoms with Gasteiger partial charge >= 0.3 is 0 Å². The van der Waals surface area contributed by atoms with Crippen molar-refractivity contribution in [2.24, 2.45) is 0 Å². The molecular weight excluding hydrogens is 454 g/mol. The first-order chi connectivity index (χ1) is 16.2. The Labute approximate surface area is 199 Å². The molecule has 0 bridgehead atoms. The maximum absolute atomic E-state index is 12.6. The third-order valence-corrected chi connectivity index (χ3v) is 6.27. The molecule has 0 aliphatic heterocycles. The van der Waals surface area contributed by atoms with E-state index in [4.69, 9.17) is 4.74 Å². The molecular formula is C25H27N3O5S. The molecule has 0 heterocycles. The van der Waals surface area contributed by atoms with Crippen molar-refractivity contribution in [2.45, 2.75) is 13.1 Å². The van der Waals surface area contributed by atoms with Gasteiger partial charge in [0.25, 0.3) is 11.8 Å². The van der Waals surface area contributed by atoms with Gasteiger partial charge in [-0.2, -0.15) is 0 Å². The summed E-state index contributed by atoms with van der Waals surface area (Å²) in [6, 6.07) is 23.1. The molecule has 0 saturated carbocycles. The Balaban J connectivity index is 1.53. The van der Waals surface area contributed by atoms with E-state index < -0.39 is 15.9 Å². The number of nitrogens with zero attached hydrogens (tertiary/aromatic N) is 1. The highest BCUT2D eigenvalue weighted by Crippen LogP contribution is 2.17. The fraction of sp³-hybridized carbons (Fsp3) is 0.200. The van der Waals surface area contributed by atoms with Gasteiger partial charge in [0.2, 0.25) is 10.0 Å². The van der Waals surface area contributed by atoms with Crippen LogP contribution in [0.5, 0.6) is 5.75 Å². The molecule has 0 fully saturated rings. The van der Waals surface area contributed by atoms with Gasteiger partial charge < -0.3 is 15.4 Å². The van der Waals surface area contributed by atoms with Gasteiger partial charge in [0, 0.05) is 20.1 Å². The maximum Gasteiger partial charge on any atom is 0.262 e. The van der Waals surface area contributed by atoms with E-state index in [-0.39, 0.29) is 19.1 Å². The fourth-order valence-electron chi connectivity index (χ4n) is 3.06. The first kappa shape index (κ1) is 24.9. The average molecular weight is 482 g/mol. The topological polar surface area (TPSA) is 105 Å². The number of carbonyl (C=O) groups excluding carboxylic acids is 2. The zero-order chi connectivity index (χ0) is 24.6. The normalized spacial score (nSPS) is 11.1. The number of rotatable bonds is 10. The number of nitrogens with one attached hydrogen (secondary N) is 2. The molecule has 0 saturated heterocycles. The van der Waals surface area contributed by atoms with Crippen LogP contribution in [0, 0.1) is 0 Å². The van der Waals surface area contributed by atoms with Crippen LogP contribution in [-0.4, -0.2) is 44.4 Å². The van der Waals surface area contributed by atoms with Gasteiger partial charge in [-0.3, -0.25) is 9.59 Å². The predicted molar refractivity (Wildman–Crippen MR) is 131 cm³/mol. The van der Waals surface area contributed by atoms with E-state index in [1.165, 1.54) is 11.4 Å². The molecule has 8 nitrogen and oxygen atoms in total. The minimum Gasteiger partial charge on any atom is -0.484 e. The highest BCUT2D eigenvalue weighted by Gasteiger charge is 2.14. The van der Waals surface area contributed by atoms with Crippen LogP contribution in [-0.2, 0) is 27.9 Å². The molecule has 178 valence electrons. The number of benzene rings is 3. The van der Waals surface area contributed by atoms with Crippen molar-refractivity contribution in [3.05, 3.63) is 95.6 Å². The van der Waals surface area contributed by atoms with E-state index in [1.807, 2.05) is 30.3 Å². The first-order valence-electron chi connectivity index (χ1n) is 10.6. The fourth-order valence-corrected chi connectivity index (χ4v) is 3.45. The molecule has 0 spiro atoms. The van der Waals surface area contributed by atoms with Crippen LogP contribution in [0.15, 0.2) is 78.9 Å². The molecule has 0 aliphatic carbocycles. The summed E-state index contributed by atoms with van der Waals surface area (Å²) in [5, 5.41) is 5.57. The second-order valence-corrected chi connectivity index (χ2v) is 9.80. The molecule has 2 amide bonds. The van der Waals surface area contributed by atoms with Gasteiger partial charge in [-0.1, -0.05) is 54.6 Å². The highest BCUT2D eigenvalue weighted by atomic mass is 32.2. The van der Waals surface area contributed by atoms with E-state index in [0.717, 1.165) is 17.4 Å². The second kappa shape index (κ2) is 11.4. The number of carbonyl (C=O) groups is 2. The van der Waals surface area contributed by atoms with E-state index in [0.29, 0.717) is 23.5 Å². The Hall–Kier alpha value is -3.69. The van der Waals surface area contributed by atoms with Crippen LogP contribution < -0.4 is 15.4 Å². The molecule has 2 N–H and O–H groups in total. The Morgan fingerprint density at radius 3 is 2.21 bits per heavy atom. The third-order valence-electron chi connectivity index (χ3n) is 5.01. The molecule has 0 unspecified atom stereocenters. The van der Waals surface area contributed by atoms with Crippen LogP contribution in [0.4, 0.5) is 5.69 Å². The molecule has 0 radical (unpaired) electrons. The zero-order valence-corrected chi connectivity index (χ0v) is 19.8. The van der Waals surface area contributed by atoms with Crippen LogP contribution in [0.1, 0.15) is 21.5 Å². The van der Waals surface area contributed by atoms with Crippen molar-refractivity contribution in [2.75, 3.05) is 25.2 Å². The summed E-state index contributed by atoms with van der Waals surface area (Å²) < 4.78 is 29.8. The average Bonchev–Trinajstić information content (AvgIpc) is 2.82. The standard InChI is InChI=1S/C25H27N3O5S/c1-28(34(2,31)32)17-20-12-14-21(15-13-20)33-18-24(29)27-23-11-7-6-10-22(23)25(30)26-16-19-8-4-3-5-9-19/h3-15H,16-18H2,1-2H3,(H,26,30)(H,27,29). The number of anilines is 1. The molecule has 3 rings (SSSR count). The number of ether oxygens (including phenoxy) is 1. The minimum atomic E-state index is -3.27. The summed E-state index contributed by atoms with van der Waals surface area (Å²) in [5.74, 6) is -0.241. The monoisotopic (exact) mass is 481 g/mol. The number of hydrogen-bond acceptors (Lipinski definition) is 5. The molecule has 0 aromatic heterocycles. The highest BCUT2D eigenvalue weighted by molar-refractivity contribution is 7.88. The lowest BCUT2D eigenvalue weighted by atomic mass is 10.1. The van der Waals surface area contributed by atoms with Crippen molar-refractivity contribution in [1.29, 1.82) is 0 Å². The molecule has 0 atom stereocenters. The van der Waals surface area contributed by atoms with Crippen molar-refractivity contribution in [3.63, 3.8) is 0 Å². The van der Waals surface area contributed by atoms with Crippen molar-refractivity contribution in [3.8, 4) is 5.75 Å². The summed E-state index contributed by atoms with van der Waals surface area (Å²) in [6.45, 7) is 0.367. The molecule has 34 heavy (non-hydrogen) atoms. The minimum absolute atomic E-state index is 0.239. The van der Waals surface area contributed by atoms with Gasteiger partial charge in [-0.05, 0) is 35.4 Å². The van der Waals surface area contributed by atoms with Crippen molar-refractivity contribution in [1.82, 2.24) is 9.62 Å². The van der Waals surface area contributed by atoms with Crippen LogP contribution in [0.25, 0.3) is 0 Å². The Morgan fingerprint density at radius 2 is 1.53 bits per heavy atom. The van der Waals surface area contributed by atoms with Crippen LogP contribution in [0.2, 0.25) is 0 Å². The van der Waals surface area contributed by atoms with Crippen molar-refractivity contribution < 1.29 is 22.7 Å². The molecule has 3 aromatic carbocycles. The predicted octanol–water partition coefficient (Wildman–Crippen LogP) is 3.03. The lowest BCUT2D eigenvalue weighted by Crippen LogP contribution is -2.26. The van der Waals surface area contributed by atoms with E-state index in [9.17, 15) is 18.0 Å². The lowest BCUT2D eigenvalue weighted by Gasteiger charge is -2.14. The van der Waals surface area contributed by atoms with Gasteiger partial charge in [-0.25, -0.2) is 12.7 Å². The van der Waals surface area contributed by atoms with E-state index >= 15 is 0 Å². The van der Waals surface area contributed by atoms with E-state index in [2.05, 4.69) is 10.6 Å². The Bertz CT molecular complexity index is 1230. The van der Waals surface area contributed by atoms with E-state index in [1.54, 1.807) is 48.5 Å². The summed E-state index contributed by atoms with van der Waals surface area (Å²) in [7, 11) is -1.77. The first-order valence-corrected chi connectivity index (χ1v) is 12.4. The van der Waals surface area contributed by atoms with Gasteiger partial charge in [0.1, 0.15) is 5.75 Å². The molecule has 0 aliphatic rings. The quantitative estimate of drug-likeness (QED) is 0.463. The van der Waals surface area contributed by atoms with Crippen LogP contribution in [0.3, 0.4) is 0 Å². The second-order valence-electron chi connectivity index (χ2n) is 7.71. The number of hydrogen-bond donors (Lipinski definition) is 2. The largest absolute Gasteiger partial charge is 0.484 e. The van der Waals surface area contributed by atoms with Gasteiger partial charge in [-0.15, -0.1) is 0 Å². The molecule has 9 heteroatoms. The summed E-state index contributed by atoms with van der Waals surface area (Å²) >= 11 is 0. The van der Waals surface area contributed by atoms with Crippen molar-refractivity contribution >= 4 is 27.5 Å². The zero-order valence-electron chi connectivity index (χ0n) is 19.0. The van der Waals surface area contributed by atoms with Crippen LogP contribution >= 0.6 is 0 Å². The summed E-state index contributed by atoms with van der Waals surface area (Å²) in [6.07, 6.45) is 1.15. The number of para-hydroxylation sites is 1. The maximum atomic E-state index is 12.6. The summed E-state index contributed by atoms with van der Waals surface area (Å²) in [5.41, 5.74) is 2.51. The smallest absolute Gasteiger partial charge is 0.262 e. The number of amides is 2. The SMILES string of the molecule is CN(Cc1ccc(OCC(=O)Nc2ccccc2C(=O)NCc2ccccc2)cc1)S(C)(=O)=O. The third kappa shape index (κ3) is 7.43. The summed E-state index contributed by atoms with van der Waals surface area (Å²) in [4.78, 5) is 25.1. The molecule has 3 aromatic rings. The Kier molecular flexibility index (Phi) is 8.39.